The van der Waals surface area contributed by atoms with E-state index in [-0.39, 0.29) is 0 Å². The van der Waals surface area contributed by atoms with Crippen LogP contribution in [-0.4, -0.2) is 11.7 Å². The van der Waals surface area contributed by atoms with Crippen LogP contribution in [-0.2, 0) is 0 Å². The molecule has 2 aliphatic carbocycles. The highest BCUT2D eigenvalue weighted by molar-refractivity contribution is 5.23. The quantitative estimate of drug-likeness (QED) is 0.624. The molecule has 0 radical (unpaired) electrons. The maximum absolute atomic E-state index is 8.84. The average Bonchev–Trinajstić information content (AvgIpc) is 2.44. The summed E-state index contributed by atoms with van der Waals surface area (Å²) in [5, 5.41) is 8.84. The summed E-state index contributed by atoms with van der Waals surface area (Å²) < 4.78 is 0. The largest absolute Gasteiger partial charge is 0.396 e. The van der Waals surface area contributed by atoms with Gasteiger partial charge < -0.3 is 5.11 Å². The predicted octanol–water partition coefficient (Wildman–Crippen LogP) is 2.36. The molecule has 0 aromatic rings. The third-order valence-corrected chi connectivity index (χ3v) is 3.65. The van der Waals surface area contributed by atoms with Crippen LogP contribution in [0.2, 0.25) is 0 Å². The minimum Gasteiger partial charge on any atom is -0.396 e. The van der Waals surface area contributed by atoms with Crippen molar-refractivity contribution in [3.63, 3.8) is 0 Å². The number of aliphatic hydroxyl groups excluding tert-OH is 1. The van der Waals surface area contributed by atoms with Crippen molar-refractivity contribution in [2.45, 2.75) is 33.1 Å². The van der Waals surface area contributed by atoms with Gasteiger partial charge in [0, 0.05) is 6.61 Å². The summed E-state index contributed by atoms with van der Waals surface area (Å²) in [4.78, 5) is 0. The Morgan fingerprint density at radius 2 is 2.33 bits per heavy atom. The highest BCUT2D eigenvalue weighted by atomic mass is 16.2. The van der Waals surface area contributed by atoms with Gasteiger partial charge in [-0.15, -0.1) is 0 Å². The van der Waals surface area contributed by atoms with Gasteiger partial charge in [-0.1, -0.05) is 25.5 Å². The van der Waals surface area contributed by atoms with Crippen LogP contribution in [0.1, 0.15) is 33.1 Å². The van der Waals surface area contributed by atoms with Crippen LogP contribution in [0.15, 0.2) is 11.6 Å². The Bertz CT molecular complexity index is 215. The second-order valence-corrected chi connectivity index (χ2v) is 4.95. The van der Waals surface area contributed by atoms with Crippen LogP contribution in [0.4, 0.5) is 0 Å². The molecule has 1 fully saturated rings. The van der Waals surface area contributed by atoms with Gasteiger partial charge >= 0.3 is 0 Å². The SMILES string of the molecule is CC1(C)CC2CC1C=C2CCO. The summed E-state index contributed by atoms with van der Waals surface area (Å²) in [7, 11) is 0. The van der Waals surface area contributed by atoms with Crippen LogP contribution >= 0.6 is 0 Å². The fourth-order valence-electron chi connectivity index (χ4n) is 2.88. The van der Waals surface area contributed by atoms with Gasteiger partial charge in [0.15, 0.2) is 0 Å². The van der Waals surface area contributed by atoms with E-state index in [0.717, 1.165) is 18.3 Å². The molecule has 68 valence electrons. The topological polar surface area (TPSA) is 20.2 Å². The van der Waals surface area contributed by atoms with E-state index in [1.807, 2.05) is 0 Å². The highest BCUT2D eigenvalue weighted by Crippen LogP contribution is 2.55. The molecule has 2 atom stereocenters. The molecule has 1 N–H and O–H groups in total. The second kappa shape index (κ2) is 2.59. The lowest BCUT2D eigenvalue weighted by molar-refractivity contribution is 0.276. The predicted molar refractivity (Wildman–Crippen MR) is 49.8 cm³/mol. The Morgan fingerprint density at radius 1 is 1.58 bits per heavy atom. The molecule has 2 bridgehead atoms. The number of fused-ring (bicyclic) bond motifs is 2. The normalized spacial score (nSPS) is 37.1. The van der Waals surface area contributed by atoms with Crippen molar-refractivity contribution in [1.29, 1.82) is 0 Å². The molecule has 0 aromatic carbocycles. The van der Waals surface area contributed by atoms with Gasteiger partial charge in [-0.2, -0.15) is 0 Å². The van der Waals surface area contributed by atoms with Gasteiger partial charge in [0.1, 0.15) is 0 Å². The Balaban J connectivity index is 2.12. The van der Waals surface area contributed by atoms with E-state index in [0.29, 0.717) is 12.0 Å². The van der Waals surface area contributed by atoms with Crippen molar-refractivity contribution in [2.75, 3.05) is 6.61 Å². The van der Waals surface area contributed by atoms with Crippen molar-refractivity contribution in [3.8, 4) is 0 Å². The molecule has 2 aliphatic rings. The fraction of sp³-hybridized carbons (Fsp3) is 0.818. The zero-order valence-electron chi connectivity index (χ0n) is 8.01. The lowest BCUT2D eigenvalue weighted by atomic mass is 9.77. The first-order chi connectivity index (χ1) is 5.63. The molecule has 0 spiro atoms. The fourth-order valence-corrected chi connectivity index (χ4v) is 2.88. The van der Waals surface area contributed by atoms with Gasteiger partial charge in [0.25, 0.3) is 0 Å². The molecular formula is C11H18O. The van der Waals surface area contributed by atoms with Crippen molar-refractivity contribution >= 4 is 0 Å². The molecule has 12 heavy (non-hydrogen) atoms. The number of aliphatic hydroxyl groups is 1. The maximum Gasteiger partial charge on any atom is 0.0468 e. The van der Waals surface area contributed by atoms with Crippen molar-refractivity contribution in [2.24, 2.45) is 17.3 Å². The Morgan fingerprint density at radius 3 is 2.75 bits per heavy atom. The number of hydrogen-bond donors (Lipinski definition) is 1. The zero-order valence-corrected chi connectivity index (χ0v) is 8.01. The molecule has 0 heterocycles. The summed E-state index contributed by atoms with van der Waals surface area (Å²) in [5.74, 6) is 1.60. The molecule has 0 aromatic heterocycles. The third-order valence-electron chi connectivity index (χ3n) is 3.65. The number of allylic oxidation sites excluding steroid dienone is 1. The van der Waals surface area contributed by atoms with Crippen LogP contribution in [0.5, 0.6) is 0 Å². The highest BCUT2D eigenvalue weighted by Gasteiger charge is 2.44. The van der Waals surface area contributed by atoms with E-state index in [1.54, 1.807) is 0 Å². The van der Waals surface area contributed by atoms with Gasteiger partial charge in [-0.05, 0) is 36.5 Å². The number of rotatable bonds is 2. The molecule has 1 heteroatoms. The average molecular weight is 166 g/mol. The smallest absolute Gasteiger partial charge is 0.0468 e. The van der Waals surface area contributed by atoms with E-state index < -0.39 is 0 Å². The van der Waals surface area contributed by atoms with Gasteiger partial charge in [0.05, 0.1) is 0 Å². The van der Waals surface area contributed by atoms with Gasteiger partial charge in [-0.3, -0.25) is 0 Å². The first-order valence-electron chi connectivity index (χ1n) is 4.95. The van der Waals surface area contributed by atoms with Crippen LogP contribution in [0.25, 0.3) is 0 Å². The standard InChI is InChI=1S/C11H18O/c1-11(2)7-9-6-10(11)5-8(9)3-4-12/h5,9-10,12H,3-4,6-7H2,1-2H3. The van der Waals surface area contributed by atoms with Crippen LogP contribution in [0.3, 0.4) is 0 Å². The second-order valence-electron chi connectivity index (χ2n) is 4.95. The molecule has 0 amide bonds. The third kappa shape index (κ3) is 1.11. The first kappa shape index (κ1) is 8.31. The van der Waals surface area contributed by atoms with Crippen molar-refractivity contribution in [1.82, 2.24) is 0 Å². The van der Waals surface area contributed by atoms with E-state index in [2.05, 4.69) is 19.9 Å². The summed E-state index contributed by atoms with van der Waals surface area (Å²) in [6.07, 6.45) is 6.02. The Hall–Kier alpha value is -0.300. The molecule has 0 saturated heterocycles. The van der Waals surface area contributed by atoms with Crippen molar-refractivity contribution in [3.05, 3.63) is 11.6 Å². The summed E-state index contributed by atoms with van der Waals surface area (Å²) in [6.45, 7) is 5.06. The van der Waals surface area contributed by atoms with Crippen molar-refractivity contribution < 1.29 is 5.11 Å². The molecule has 1 nitrogen and oxygen atoms in total. The van der Waals surface area contributed by atoms with E-state index in [4.69, 9.17) is 5.11 Å². The van der Waals surface area contributed by atoms with Crippen LogP contribution in [0, 0.1) is 17.3 Å². The lowest BCUT2D eigenvalue weighted by Gasteiger charge is -2.28. The molecule has 1 saturated carbocycles. The lowest BCUT2D eigenvalue weighted by Crippen LogP contribution is -2.18. The van der Waals surface area contributed by atoms with Crippen LogP contribution < -0.4 is 0 Å². The maximum atomic E-state index is 8.84. The van der Waals surface area contributed by atoms with Gasteiger partial charge in [0.2, 0.25) is 0 Å². The summed E-state index contributed by atoms with van der Waals surface area (Å²) >= 11 is 0. The Kier molecular flexibility index (Phi) is 1.80. The monoisotopic (exact) mass is 166 g/mol. The molecule has 0 aliphatic heterocycles. The molecular weight excluding hydrogens is 148 g/mol. The van der Waals surface area contributed by atoms with Gasteiger partial charge in [-0.25, -0.2) is 0 Å². The molecule has 2 unspecified atom stereocenters. The first-order valence-corrected chi connectivity index (χ1v) is 4.95. The minimum absolute atomic E-state index is 0.329. The molecule has 2 rings (SSSR count). The summed E-state index contributed by atoms with van der Waals surface area (Å²) in [6, 6.07) is 0. The Labute approximate surface area is 74.5 Å². The minimum atomic E-state index is 0.329. The van der Waals surface area contributed by atoms with E-state index in [1.165, 1.54) is 18.4 Å². The number of hydrogen-bond acceptors (Lipinski definition) is 1. The zero-order chi connectivity index (χ0) is 8.77. The van der Waals surface area contributed by atoms with E-state index in [9.17, 15) is 0 Å². The van der Waals surface area contributed by atoms with E-state index >= 15 is 0 Å². The summed E-state index contributed by atoms with van der Waals surface area (Å²) in [5.41, 5.74) is 2.06.